The fraction of sp³-hybridized carbons (Fsp3) is 0.520. The SMILES string of the molecule is COc1c(Cl)c(C)c(C=O)c(OC)c1C/C=C(/C)CC/C=C(/C)C1CC(=O)C(C)(C)O1. The van der Waals surface area contributed by atoms with Crippen LogP contribution in [0.2, 0.25) is 5.02 Å². The molecule has 5 nitrogen and oxygen atoms in total. The summed E-state index contributed by atoms with van der Waals surface area (Å²) < 4.78 is 16.9. The van der Waals surface area contributed by atoms with E-state index in [4.69, 9.17) is 25.8 Å². The molecule has 1 aliphatic heterocycles. The van der Waals surface area contributed by atoms with Crippen molar-refractivity contribution >= 4 is 23.7 Å². The summed E-state index contributed by atoms with van der Waals surface area (Å²) in [5.41, 5.74) is 3.45. The summed E-state index contributed by atoms with van der Waals surface area (Å²) in [5.74, 6) is 1.18. The van der Waals surface area contributed by atoms with Gasteiger partial charge in [0.2, 0.25) is 0 Å². The zero-order chi connectivity index (χ0) is 23.3. The van der Waals surface area contributed by atoms with Gasteiger partial charge in [-0.25, -0.2) is 0 Å². The van der Waals surface area contributed by atoms with Crippen LogP contribution in [-0.4, -0.2) is 38.0 Å². The van der Waals surface area contributed by atoms with E-state index in [1.807, 2.05) is 20.8 Å². The molecule has 1 heterocycles. The molecule has 0 aliphatic carbocycles. The summed E-state index contributed by atoms with van der Waals surface area (Å²) in [5, 5.41) is 0.430. The number of halogens is 1. The Morgan fingerprint density at radius 3 is 2.35 bits per heavy atom. The van der Waals surface area contributed by atoms with Crippen molar-refractivity contribution in [3.05, 3.63) is 45.0 Å². The number of carbonyl (C=O) groups is 2. The Kier molecular flexibility index (Phi) is 8.49. The van der Waals surface area contributed by atoms with Gasteiger partial charge in [0.05, 0.1) is 30.9 Å². The second-order valence-corrected chi connectivity index (χ2v) is 8.88. The van der Waals surface area contributed by atoms with E-state index in [9.17, 15) is 9.59 Å². The molecule has 0 spiro atoms. The second-order valence-electron chi connectivity index (χ2n) is 8.50. The predicted octanol–water partition coefficient (Wildman–Crippen LogP) is 5.83. The molecule has 0 amide bonds. The van der Waals surface area contributed by atoms with Gasteiger partial charge in [-0.05, 0) is 65.0 Å². The van der Waals surface area contributed by atoms with Crippen LogP contribution in [0, 0.1) is 6.92 Å². The van der Waals surface area contributed by atoms with Gasteiger partial charge < -0.3 is 14.2 Å². The third kappa shape index (κ3) is 5.58. The van der Waals surface area contributed by atoms with Gasteiger partial charge in [0, 0.05) is 12.0 Å². The molecule has 0 saturated carbocycles. The number of methoxy groups -OCH3 is 2. The van der Waals surface area contributed by atoms with Crippen molar-refractivity contribution in [2.45, 2.75) is 72.0 Å². The number of allylic oxidation sites excluding steroid dienone is 3. The molecule has 1 aromatic carbocycles. The zero-order valence-corrected chi connectivity index (χ0v) is 20.3. The monoisotopic (exact) mass is 448 g/mol. The summed E-state index contributed by atoms with van der Waals surface area (Å²) >= 11 is 6.43. The standard InChI is InChI=1S/C25H33ClO5/c1-15(9-8-10-16(2)20-13-21(28)25(4,5)31-20)11-12-18-23(29-6)19(14-27)17(3)22(26)24(18)30-7/h10-11,14,20H,8-9,12-13H2,1-7H3/b15-11-,16-10-. The number of Topliss-reactive ketones (excluding diaryl/α,β-unsaturated/α-hetero) is 1. The van der Waals surface area contributed by atoms with E-state index in [1.54, 1.807) is 21.1 Å². The van der Waals surface area contributed by atoms with Crippen LogP contribution in [0.3, 0.4) is 0 Å². The van der Waals surface area contributed by atoms with Gasteiger partial charge in [0.15, 0.2) is 12.1 Å². The van der Waals surface area contributed by atoms with Crippen molar-refractivity contribution in [2.24, 2.45) is 0 Å². The molecule has 1 atom stereocenters. The smallest absolute Gasteiger partial charge is 0.167 e. The van der Waals surface area contributed by atoms with E-state index in [0.29, 0.717) is 40.5 Å². The lowest BCUT2D eigenvalue weighted by atomic mass is 9.98. The predicted molar refractivity (Wildman–Crippen MR) is 124 cm³/mol. The highest BCUT2D eigenvalue weighted by molar-refractivity contribution is 6.33. The van der Waals surface area contributed by atoms with Crippen molar-refractivity contribution in [3.63, 3.8) is 0 Å². The Labute approximate surface area is 190 Å². The Morgan fingerprint density at radius 2 is 1.84 bits per heavy atom. The summed E-state index contributed by atoms with van der Waals surface area (Å²) in [6.45, 7) is 9.51. The fourth-order valence-electron chi connectivity index (χ4n) is 3.80. The lowest BCUT2D eigenvalue weighted by Crippen LogP contribution is -2.27. The number of benzene rings is 1. The first-order chi connectivity index (χ1) is 14.6. The normalized spacial score (nSPS) is 19.0. The molecule has 6 heteroatoms. The van der Waals surface area contributed by atoms with Crippen molar-refractivity contribution in [3.8, 4) is 11.5 Å². The molecule has 170 valence electrons. The Hall–Kier alpha value is -2.11. The molecule has 0 aromatic heterocycles. The van der Waals surface area contributed by atoms with Gasteiger partial charge in [-0.1, -0.05) is 29.3 Å². The number of rotatable bonds is 9. The number of ether oxygens (including phenoxy) is 3. The van der Waals surface area contributed by atoms with Crippen LogP contribution in [0.25, 0.3) is 0 Å². The lowest BCUT2D eigenvalue weighted by Gasteiger charge is -2.18. The van der Waals surface area contributed by atoms with Gasteiger partial charge in [0.1, 0.15) is 17.1 Å². The van der Waals surface area contributed by atoms with Crippen molar-refractivity contribution in [1.82, 2.24) is 0 Å². The minimum atomic E-state index is -0.691. The molecule has 0 radical (unpaired) electrons. The van der Waals surface area contributed by atoms with Crippen LogP contribution in [0.15, 0.2) is 23.3 Å². The molecular weight excluding hydrogens is 416 g/mol. The first kappa shape index (κ1) is 25.2. The molecule has 0 bridgehead atoms. The highest BCUT2D eigenvalue weighted by Crippen LogP contribution is 2.41. The zero-order valence-electron chi connectivity index (χ0n) is 19.6. The summed E-state index contributed by atoms with van der Waals surface area (Å²) in [6.07, 6.45) is 7.58. The number of carbonyl (C=O) groups excluding carboxylic acids is 2. The van der Waals surface area contributed by atoms with Crippen LogP contribution < -0.4 is 9.47 Å². The molecule has 1 fully saturated rings. The van der Waals surface area contributed by atoms with E-state index >= 15 is 0 Å². The van der Waals surface area contributed by atoms with E-state index in [2.05, 4.69) is 19.1 Å². The van der Waals surface area contributed by atoms with Crippen LogP contribution in [0.4, 0.5) is 0 Å². The minimum Gasteiger partial charge on any atom is -0.496 e. The van der Waals surface area contributed by atoms with Crippen LogP contribution in [0.1, 0.15) is 68.4 Å². The molecule has 1 aromatic rings. The summed E-state index contributed by atoms with van der Waals surface area (Å²) in [6, 6.07) is 0. The Bertz CT molecular complexity index is 911. The molecule has 1 unspecified atom stereocenters. The highest BCUT2D eigenvalue weighted by Gasteiger charge is 2.40. The number of hydrogen-bond acceptors (Lipinski definition) is 5. The first-order valence-electron chi connectivity index (χ1n) is 10.5. The van der Waals surface area contributed by atoms with Gasteiger partial charge >= 0.3 is 0 Å². The van der Waals surface area contributed by atoms with Crippen LogP contribution in [-0.2, 0) is 16.0 Å². The summed E-state index contributed by atoms with van der Waals surface area (Å²) in [7, 11) is 3.10. The van der Waals surface area contributed by atoms with Crippen molar-refractivity contribution in [2.75, 3.05) is 14.2 Å². The van der Waals surface area contributed by atoms with Crippen molar-refractivity contribution < 1.29 is 23.8 Å². The van der Waals surface area contributed by atoms with Gasteiger partial charge in [-0.2, -0.15) is 0 Å². The molecule has 2 rings (SSSR count). The van der Waals surface area contributed by atoms with Gasteiger partial charge in [0.25, 0.3) is 0 Å². The minimum absolute atomic E-state index is 0.128. The quantitative estimate of drug-likeness (QED) is 0.351. The van der Waals surface area contributed by atoms with Crippen LogP contribution >= 0.6 is 11.6 Å². The topological polar surface area (TPSA) is 61.8 Å². The third-order valence-electron chi connectivity index (χ3n) is 5.90. The molecular formula is C25H33ClO5. The van der Waals surface area contributed by atoms with Gasteiger partial charge in [-0.15, -0.1) is 0 Å². The lowest BCUT2D eigenvalue weighted by molar-refractivity contribution is -0.129. The van der Waals surface area contributed by atoms with Gasteiger partial charge in [-0.3, -0.25) is 9.59 Å². The Balaban J connectivity index is 2.11. The number of aldehydes is 1. The van der Waals surface area contributed by atoms with Crippen LogP contribution in [0.5, 0.6) is 11.5 Å². The van der Waals surface area contributed by atoms with Crippen molar-refractivity contribution in [1.29, 1.82) is 0 Å². The van der Waals surface area contributed by atoms with E-state index in [0.717, 1.165) is 30.3 Å². The average molecular weight is 449 g/mol. The maximum Gasteiger partial charge on any atom is 0.167 e. The molecule has 1 aliphatic rings. The average Bonchev–Trinajstić information content (AvgIpc) is 3.00. The third-order valence-corrected chi connectivity index (χ3v) is 6.35. The van der Waals surface area contributed by atoms with E-state index < -0.39 is 5.60 Å². The molecule has 31 heavy (non-hydrogen) atoms. The highest BCUT2D eigenvalue weighted by atomic mass is 35.5. The first-order valence-corrected chi connectivity index (χ1v) is 10.9. The largest absolute Gasteiger partial charge is 0.496 e. The number of ketones is 1. The van der Waals surface area contributed by atoms with E-state index in [-0.39, 0.29) is 11.9 Å². The van der Waals surface area contributed by atoms with E-state index in [1.165, 1.54) is 5.57 Å². The number of hydrogen-bond donors (Lipinski definition) is 0. The molecule has 1 saturated heterocycles. The summed E-state index contributed by atoms with van der Waals surface area (Å²) in [4.78, 5) is 23.6. The fourth-order valence-corrected chi connectivity index (χ4v) is 4.09. The maximum absolute atomic E-state index is 12.0. The Morgan fingerprint density at radius 1 is 1.19 bits per heavy atom. The second kappa shape index (κ2) is 10.5. The molecule has 0 N–H and O–H groups in total. The maximum atomic E-state index is 12.0.